The molecule has 3 aromatic carbocycles. The lowest BCUT2D eigenvalue weighted by atomic mass is 10.1. The van der Waals surface area contributed by atoms with Gasteiger partial charge in [0.2, 0.25) is 5.91 Å². The van der Waals surface area contributed by atoms with E-state index in [1.165, 1.54) is 4.57 Å². The number of fused-ring (bicyclic) bond motifs is 3. The second-order valence-electron chi connectivity index (χ2n) is 6.02. The molecule has 0 atom stereocenters. The van der Waals surface area contributed by atoms with Crippen LogP contribution in [0.1, 0.15) is 15.9 Å². The van der Waals surface area contributed by atoms with Gasteiger partial charge in [0.15, 0.2) is 11.6 Å². The maximum Gasteiger partial charge on any atom is 0.249 e. The lowest BCUT2D eigenvalue weighted by molar-refractivity contribution is 0.100. The molecule has 0 bridgehead atoms. The lowest BCUT2D eigenvalue weighted by Gasteiger charge is -2.11. The Morgan fingerprint density at radius 1 is 1.11 bits per heavy atom. The predicted molar refractivity (Wildman–Crippen MR) is 97.2 cm³/mol. The Morgan fingerprint density at radius 2 is 1.85 bits per heavy atom. The van der Waals surface area contributed by atoms with Crippen LogP contribution < -0.4 is 5.73 Å². The summed E-state index contributed by atoms with van der Waals surface area (Å²) in [7, 11) is 0. The van der Waals surface area contributed by atoms with E-state index in [0.717, 1.165) is 12.1 Å². The number of hydrogen-bond donors (Lipinski definition) is 1. The summed E-state index contributed by atoms with van der Waals surface area (Å²) in [5, 5.41) is 1.26. The fourth-order valence-electron chi connectivity index (χ4n) is 3.31. The Bertz CT molecular complexity index is 1230. The molecule has 4 aromatic rings. The average Bonchev–Trinajstić information content (AvgIpc) is 2.97. The molecule has 135 valence electrons. The first kappa shape index (κ1) is 17.4. The van der Waals surface area contributed by atoms with Crippen molar-refractivity contribution in [2.24, 2.45) is 5.73 Å². The molecule has 1 amide bonds. The Balaban J connectivity index is 2.10. The van der Waals surface area contributed by atoms with Crippen LogP contribution in [0.2, 0.25) is 5.02 Å². The van der Waals surface area contributed by atoms with E-state index in [-0.39, 0.29) is 12.1 Å². The van der Waals surface area contributed by atoms with Gasteiger partial charge in [0, 0.05) is 21.9 Å². The summed E-state index contributed by atoms with van der Waals surface area (Å²) in [4.78, 5) is 11.9. The van der Waals surface area contributed by atoms with Gasteiger partial charge >= 0.3 is 0 Å². The first-order chi connectivity index (χ1) is 12.9. The lowest BCUT2D eigenvalue weighted by Crippen LogP contribution is -2.11. The molecule has 1 heterocycles. The Hall–Kier alpha value is -2.99. The molecule has 0 fully saturated rings. The van der Waals surface area contributed by atoms with Crippen LogP contribution in [0.15, 0.2) is 42.5 Å². The summed E-state index contributed by atoms with van der Waals surface area (Å²) in [5.74, 6) is -3.96. The number of amides is 1. The van der Waals surface area contributed by atoms with E-state index in [4.69, 9.17) is 17.3 Å². The summed E-state index contributed by atoms with van der Waals surface area (Å²) < 4.78 is 43.6. The van der Waals surface area contributed by atoms with Gasteiger partial charge in [-0.25, -0.2) is 13.2 Å². The molecule has 0 aliphatic carbocycles. The van der Waals surface area contributed by atoms with Gasteiger partial charge in [-0.3, -0.25) is 4.79 Å². The fraction of sp³-hybridized carbons (Fsp3) is 0.0500. The monoisotopic (exact) mass is 387 g/mol. The summed E-state index contributed by atoms with van der Waals surface area (Å²) in [5.41, 5.74) is 6.16. The maximum absolute atomic E-state index is 14.2. The van der Waals surface area contributed by atoms with Gasteiger partial charge in [-0.15, -0.1) is 0 Å². The van der Waals surface area contributed by atoms with Crippen molar-refractivity contribution in [3.63, 3.8) is 0 Å². The van der Waals surface area contributed by atoms with Crippen molar-refractivity contribution in [3.05, 3.63) is 82.1 Å². The zero-order valence-electron chi connectivity index (χ0n) is 13.7. The molecule has 2 N–H and O–H groups in total. The molecule has 0 aliphatic heterocycles. The first-order valence-corrected chi connectivity index (χ1v) is 8.31. The second kappa shape index (κ2) is 6.32. The molecule has 0 saturated carbocycles. The summed E-state index contributed by atoms with van der Waals surface area (Å²) in [6.45, 7) is -0.324. The minimum absolute atomic E-state index is 0.231. The van der Waals surface area contributed by atoms with Crippen LogP contribution in [-0.2, 0) is 6.54 Å². The van der Waals surface area contributed by atoms with Crippen LogP contribution in [0.25, 0.3) is 21.8 Å². The zero-order chi connectivity index (χ0) is 19.3. The van der Waals surface area contributed by atoms with Crippen molar-refractivity contribution in [2.45, 2.75) is 6.54 Å². The van der Waals surface area contributed by atoms with Gasteiger partial charge in [-0.2, -0.15) is 0 Å². The van der Waals surface area contributed by atoms with Crippen molar-refractivity contribution in [3.8, 4) is 0 Å². The molecule has 1 radical (unpaired) electrons. The fourth-order valence-corrected chi connectivity index (χ4v) is 3.57. The third kappa shape index (κ3) is 2.64. The molecule has 1 aromatic heterocycles. The number of primary amides is 1. The number of nitrogens with two attached hydrogens (primary N) is 1. The summed E-state index contributed by atoms with van der Waals surface area (Å²) >= 11 is 6.32. The van der Waals surface area contributed by atoms with Crippen LogP contribution in [0, 0.1) is 23.5 Å². The largest absolute Gasteiger partial charge is 0.366 e. The van der Waals surface area contributed by atoms with Crippen molar-refractivity contribution in [1.29, 1.82) is 0 Å². The summed E-state index contributed by atoms with van der Waals surface area (Å²) in [6, 6.07) is 12.6. The van der Waals surface area contributed by atoms with Gasteiger partial charge in [-0.05, 0) is 36.4 Å². The third-order valence-electron chi connectivity index (χ3n) is 4.49. The highest BCUT2D eigenvalue weighted by Gasteiger charge is 2.21. The van der Waals surface area contributed by atoms with E-state index in [0.29, 0.717) is 26.8 Å². The Kier molecular flexibility index (Phi) is 4.08. The number of carbonyl (C=O) groups is 1. The van der Waals surface area contributed by atoms with Gasteiger partial charge in [0.05, 0.1) is 22.6 Å². The van der Waals surface area contributed by atoms with Crippen LogP contribution in [0.4, 0.5) is 13.2 Å². The molecule has 0 aliphatic rings. The molecule has 0 saturated heterocycles. The maximum atomic E-state index is 14.2. The zero-order valence-corrected chi connectivity index (χ0v) is 14.4. The van der Waals surface area contributed by atoms with Crippen LogP contribution in [-0.4, -0.2) is 10.5 Å². The minimum atomic E-state index is -1.27. The normalized spacial score (nSPS) is 11.4. The number of halogens is 4. The molecule has 0 spiro atoms. The Labute approximate surface area is 156 Å². The summed E-state index contributed by atoms with van der Waals surface area (Å²) in [6.07, 6.45) is 0. The number of hydrogen-bond acceptors (Lipinski definition) is 1. The van der Waals surface area contributed by atoms with Crippen molar-refractivity contribution in [1.82, 2.24) is 4.57 Å². The molecule has 0 unspecified atom stereocenters. The van der Waals surface area contributed by atoms with Gasteiger partial charge in [-0.1, -0.05) is 23.7 Å². The van der Waals surface area contributed by atoms with Crippen LogP contribution in [0.5, 0.6) is 0 Å². The van der Waals surface area contributed by atoms with E-state index in [1.54, 1.807) is 30.3 Å². The highest BCUT2D eigenvalue weighted by molar-refractivity contribution is 6.36. The number of carbonyl (C=O) groups excluding carboxylic acids is 1. The molecule has 27 heavy (non-hydrogen) atoms. The smallest absolute Gasteiger partial charge is 0.249 e. The average molecular weight is 388 g/mol. The Morgan fingerprint density at radius 3 is 2.59 bits per heavy atom. The standard InChI is InChI=1S/C20H11ClF3N2O/c21-13-5-1-3-10-17-11(20(25)27)4-2-6-16(17)26(19(10)13)9-12-14(22)7-8-15(23)18(12)24/h1-2,4-8H,9H2,(H2,25,27). The first-order valence-electron chi connectivity index (χ1n) is 7.93. The highest BCUT2D eigenvalue weighted by atomic mass is 35.5. The van der Waals surface area contributed by atoms with E-state index in [9.17, 15) is 18.0 Å². The van der Waals surface area contributed by atoms with E-state index in [1.807, 2.05) is 0 Å². The number of aromatic nitrogens is 1. The second-order valence-corrected chi connectivity index (χ2v) is 6.43. The van der Waals surface area contributed by atoms with E-state index < -0.39 is 28.9 Å². The molecule has 3 nitrogen and oxygen atoms in total. The molecule has 4 rings (SSSR count). The van der Waals surface area contributed by atoms with Gasteiger partial charge in [0.1, 0.15) is 5.82 Å². The number of benzene rings is 3. The van der Waals surface area contributed by atoms with E-state index >= 15 is 0 Å². The van der Waals surface area contributed by atoms with Gasteiger partial charge in [0.25, 0.3) is 0 Å². The topological polar surface area (TPSA) is 48.0 Å². The minimum Gasteiger partial charge on any atom is -0.366 e. The van der Waals surface area contributed by atoms with Crippen LogP contribution >= 0.6 is 11.6 Å². The van der Waals surface area contributed by atoms with Crippen molar-refractivity contribution >= 4 is 39.3 Å². The molecular weight excluding hydrogens is 377 g/mol. The van der Waals surface area contributed by atoms with Crippen molar-refractivity contribution < 1.29 is 18.0 Å². The number of rotatable bonds is 3. The van der Waals surface area contributed by atoms with Crippen LogP contribution in [0.3, 0.4) is 0 Å². The van der Waals surface area contributed by atoms with Crippen molar-refractivity contribution in [2.75, 3.05) is 0 Å². The predicted octanol–water partition coefficient (Wildman–Crippen LogP) is 4.81. The highest BCUT2D eigenvalue weighted by Crippen LogP contribution is 2.36. The number of nitrogens with zero attached hydrogens (tertiary/aromatic N) is 1. The third-order valence-corrected chi connectivity index (χ3v) is 4.80. The molecular formula is C20H11ClF3N2O. The van der Waals surface area contributed by atoms with Gasteiger partial charge < -0.3 is 10.3 Å². The van der Waals surface area contributed by atoms with E-state index in [2.05, 4.69) is 6.07 Å². The molecule has 7 heteroatoms. The SMILES string of the molecule is NC(=O)c1cccc2c1c1[c]ccc(Cl)c1n2Cc1c(F)ccc(F)c1F. The quantitative estimate of drug-likeness (QED) is 0.504.